The lowest BCUT2D eigenvalue weighted by molar-refractivity contribution is 0.101. The summed E-state index contributed by atoms with van der Waals surface area (Å²) in [6, 6.07) is 3.53. The smallest absolute Gasteiger partial charge is 0.163 e. The second-order valence-electron chi connectivity index (χ2n) is 3.08. The van der Waals surface area contributed by atoms with Crippen LogP contribution in [0.3, 0.4) is 0 Å². The third-order valence-corrected chi connectivity index (χ3v) is 2.07. The molecule has 0 N–H and O–H groups in total. The van der Waals surface area contributed by atoms with E-state index in [0.29, 0.717) is 17.1 Å². The van der Waals surface area contributed by atoms with Gasteiger partial charge in [0.2, 0.25) is 0 Å². The first kappa shape index (κ1) is 10.6. The molecule has 0 aliphatic heterocycles. The Morgan fingerprint density at radius 3 is 2.29 bits per heavy atom. The highest BCUT2D eigenvalue weighted by atomic mass is 16.5. The largest absolute Gasteiger partial charge is 0.497 e. The van der Waals surface area contributed by atoms with Gasteiger partial charge in [0.05, 0.1) is 19.8 Å². The van der Waals surface area contributed by atoms with Gasteiger partial charge >= 0.3 is 0 Å². The lowest BCUT2D eigenvalue weighted by atomic mass is 10.1. The zero-order valence-electron chi connectivity index (χ0n) is 8.88. The number of hydrogen-bond donors (Lipinski definition) is 0. The predicted molar refractivity (Wildman–Crippen MR) is 54.3 cm³/mol. The summed E-state index contributed by atoms with van der Waals surface area (Å²) in [6.45, 7) is 3.39. The van der Waals surface area contributed by atoms with Gasteiger partial charge in [-0.2, -0.15) is 0 Å². The van der Waals surface area contributed by atoms with E-state index in [1.165, 1.54) is 6.92 Å². The average molecular weight is 194 g/mol. The van der Waals surface area contributed by atoms with Gasteiger partial charge in [-0.05, 0) is 31.5 Å². The number of aryl methyl sites for hydroxylation is 1. The van der Waals surface area contributed by atoms with Crippen LogP contribution in [-0.2, 0) is 0 Å². The monoisotopic (exact) mass is 194 g/mol. The Labute approximate surface area is 83.6 Å². The summed E-state index contributed by atoms with van der Waals surface area (Å²) in [6.07, 6.45) is 0. The summed E-state index contributed by atoms with van der Waals surface area (Å²) >= 11 is 0. The highest BCUT2D eigenvalue weighted by Crippen LogP contribution is 2.28. The molecule has 0 radical (unpaired) electrons. The van der Waals surface area contributed by atoms with Crippen LogP contribution in [0.5, 0.6) is 11.5 Å². The number of ketones is 1. The van der Waals surface area contributed by atoms with E-state index in [4.69, 9.17) is 9.47 Å². The second kappa shape index (κ2) is 4.13. The van der Waals surface area contributed by atoms with Gasteiger partial charge in [0.25, 0.3) is 0 Å². The summed E-state index contributed by atoms with van der Waals surface area (Å²) in [5.74, 6) is 1.27. The Kier molecular flexibility index (Phi) is 3.12. The second-order valence-corrected chi connectivity index (χ2v) is 3.08. The molecule has 3 nitrogen and oxygen atoms in total. The molecule has 0 spiro atoms. The maximum atomic E-state index is 11.3. The Morgan fingerprint density at radius 2 is 1.86 bits per heavy atom. The van der Waals surface area contributed by atoms with Crippen LogP contribution >= 0.6 is 0 Å². The van der Waals surface area contributed by atoms with Gasteiger partial charge in [0.15, 0.2) is 5.78 Å². The minimum Gasteiger partial charge on any atom is -0.497 e. The molecule has 0 amide bonds. The minimum absolute atomic E-state index is 0.0242. The molecule has 0 fully saturated rings. The third-order valence-electron chi connectivity index (χ3n) is 2.07. The van der Waals surface area contributed by atoms with Gasteiger partial charge in [-0.25, -0.2) is 0 Å². The molecule has 0 bridgehead atoms. The fourth-order valence-electron chi connectivity index (χ4n) is 1.39. The molecule has 0 heterocycles. The lowest BCUT2D eigenvalue weighted by Crippen LogP contribution is -2.00. The third kappa shape index (κ3) is 1.87. The molecular formula is C11H14O3. The van der Waals surface area contributed by atoms with E-state index in [2.05, 4.69) is 0 Å². The molecule has 1 aromatic rings. The van der Waals surface area contributed by atoms with Gasteiger partial charge in [-0.3, -0.25) is 4.79 Å². The van der Waals surface area contributed by atoms with Crippen molar-refractivity contribution >= 4 is 5.78 Å². The van der Waals surface area contributed by atoms with Crippen LogP contribution < -0.4 is 9.47 Å². The zero-order chi connectivity index (χ0) is 10.7. The van der Waals surface area contributed by atoms with Crippen LogP contribution in [0.2, 0.25) is 0 Å². The molecule has 0 aromatic heterocycles. The van der Waals surface area contributed by atoms with Gasteiger partial charge in [-0.1, -0.05) is 0 Å². The molecule has 76 valence electrons. The Bertz CT molecular complexity index is 356. The average Bonchev–Trinajstić information content (AvgIpc) is 2.16. The summed E-state index contributed by atoms with van der Waals surface area (Å²) in [5, 5.41) is 0. The molecule has 0 saturated heterocycles. The number of rotatable bonds is 3. The fourth-order valence-corrected chi connectivity index (χ4v) is 1.39. The first-order valence-electron chi connectivity index (χ1n) is 4.33. The maximum Gasteiger partial charge on any atom is 0.163 e. The topological polar surface area (TPSA) is 35.5 Å². The summed E-state index contributed by atoms with van der Waals surface area (Å²) < 4.78 is 10.2. The Hall–Kier alpha value is -1.51. The predicted octanol–water partition coefficient (Wildman–Crippen LogP) is 2.21. The van der Waals surface area contributed by atoms with E-state index in [0.717, 1.165) is 5.56 Å². The standard InChI is InChI=1S/C11H14O3/c1-7-5-9(13-3)6-10(8(2)12)11(7)14-4/h5-6H,1-4H3. The molecular weight excluding hydrogens is 180 g/mol. The quantitative estimate of drug-likeness (QED) is 0.692. The van der Waals surface area contributed by atoms with Crippen LogP contribution in [0.4, 0.5) is 0 Å². The highest BCUT2D eigenvalue weighted by Gasteiger charge is 2.12. The first-order valence-corrected chi connectivity index (χ1v) is 4.33. The van der Waals surface area contributed by atoms with E-state index in [1.54, 1.807) is 20.3 Å². The van der Waals surface area contributed by atoms with Crippen LogP contribution in [-0.4, -0.2) is 20.0 Å². The van der Waals surface area contributed by atoms with Crippen molar-refractivity contribution in [3.63, 3.8) is 0 Å². The van der Waals surface area contributed by atoms with Crippen molar-refractivity contribution < 1.29 is 14.3 Å². The summed E-state index contributed by atoms with van der Waals surface area (Å²) in [5.41, 5.74) is 1.46. The number of methoxy groups -OCH3 is 2. The number of carbonyl (C=O) groups excluding carboxylic acids is 1. The molecule has 0 atom stereocenters. The van der Waals surface area contributed by atoms with Crippen LogP contribution in [0.25, 0.3) is 0 Å². The number of benzene rings is 1. The fraction of sp³-hybridized carbons (Fsp3) is 0.364. The molecule has 3 heteroatoms. The molecule has 1 rings (SSSR count). The van der Waals surface area contributed by atoms with Crippen LogP contribution in [0.1, 0.15) is 22.8 Å². The maximum absolute atomic E-state index is 11.3. The molecule has 1 aromatic carbocycles. The van der Waals surface area contributed by atoms with Crippen molar-refractivity contribution in [2.45, 2.75) is 13.8 Å². The summed E-state index contributed by atoms with van der Waals surface area (Å²) in [4.78, 5) is 11.3. The molecule has 0 aliphatic rings. The van der Waals surface area contributed by atoms with Gasteiger partial charge in [-0.15, -0.1) is 0 Å². The van der Waals surface area contributed by atoms with Gasteiger partial charge in [0, 0.05) is 0 Å². The Morgan fingerprint density at radius 1 is 1.21 bits per heavy atom. The van der Waals surface area contributed by atoms with Crippen molar-refractivity contribution in [2.75, 3.05) is 14.2 Å². The Balaban J connectivity index is 3.35. The number of carbonyl (C=O) groups is 1. The number of Topliss-reactive ketones (excluding diaryl/α,β-unsaturated/α-hetero) is 1. The van der Waals surface area contributed by atoms with E-state index >= 15 is 0 Å². The normalized spacial score (nSPS) is 9.71. The van der Waals surface area contributed by atoms with Crippen molar-refractivity contribution in [3.8, 4) is 11.5 Å². The SMILES string of the molecule is COc1cc(C)c(OC)c(C(C)=O)c1. The van der Waals surface area contributed by atoms with E-state index < -0.39 is 0 Å². The molecule has 0 aliphatic carbocycles. The number of hydrogen-bond acceptors (Lipinski definition) is 3. The van der Waals surface area contributed by atoms with Crippen molar-refractivity contribution in [3.05, 3.63) is 23.3 Å². The van der Waals surface area contributed by atoms with Crippen molar-refractivity contribution in [1.82, 2.24) is 0 Å². The molecule has 0 unspecified atom stereocenters. The van der Waals surface area contributed by atoms with Crippen LogP contribution in [0.15, 0.2) is 12.1 Å². The summed E-state index contributed by atoms with van der Waals surface area (Å²) in [7, 11) is 3.13. The highest BCUT2D eigenvalue weighted by molar-refractivity contribution is 5.97. The number of ether oxygens (including phenoxy) is 2. The van der Waals surface area contributed by atoms with Crippen LogP contribution in [0, 0.1) is 6.92 Å². The van der Waals surface area contributed by atoms with Gasteiger partial charge < -0.3 is 9.47 Å². The zero-order valence-corrected chi connectivity index (χ0v) is 8.88. The van der Waals surface area contributed by atoms with Gasteiger partial charge in [0.1, 0.15) is 11.5 Å². The van der Waals surface area contributed by atoms with Crippen molar-refractivity contribution in [1.29, 1.82) is 0 Å². The lowest BCUT2D eigenvalue weighted by Gasteiger charge is -2.11. The van der Waals surface area contributed by atoms with E-state index in [1.807, 2.05) is 13.0 Å². The molecule has 14 heavy (non-hydrogen) atoms. The first-order chi connectivity index (χ1) is 6.60. The van der Waals surface area contributed by atoms with E-state index in [-0.39, 0.29) is 5.78 Å². The molecule has 0 saturated carbocycles. The van der Waals surface area contributed by atoms with E-state index in [9.17, 15) is 4.79 Å². The van der Waals surface area contributed by atoms with Crippen molar-refractivity contribution in [2.24, 2.45) is 0 Å². The minimum atomic E-state index is -0.0242.